The van der Waals surface area contributed by atoms with Gasteiger partial charge in [-0.25, -0.2) is 0 Å². The van der Waals surface area contributed by atoms with Crippen molar-refractivity contribution in [1.29, 1.82) is 0 Å². The molecule has 0 atom stereocenters. The quantitative estimate of drug-likeness (QED) is 0.643. The fourth-order valence-electron chi connectivity index (χ4n) is 1.70. The summed E-state index contributed by atoms with van der Waals surface area (Å²) in [6.07, 6.45) is 0. The molecule has 72 valence electrons. The van der Waals surface area contributed by atoms with Gasteiger partial charge in [0.05, 0.1) is 0 Å². The van der Waals surface area contributed by atoms with Gasteiger partial charge in [0.2, 0.25) is 0 Å². The molecule has 2 rings (SSSR count). The fourth-order valence-corrected chi connectivity index (χ4v) is 2.61. The Morgan fingerprint density at radius 2 is 1.64 bits per heavy atom. The number of benzene rings is 2. The summed E-state index contributed by atoms with van der Waals surface area (Å²) in [5, 5.41) is 2.64. The van der Waals surface area contributed by atoms with Crippen molar-refractivity contribution in [3.63, 3.8) is 0 Å². The van der Waals surface area contributed by atoms with Gasteiger partial charge in [-0.05, 0) is 53.9 Å². The first kappa shape index (κ1) is 10.2. The first-order chi connectivity index (χ1) is 6.59. The third-order valence-corrected chi connectivity index (χ3v) is 3.83. The lowest BCUT2D eigenvalue weighted by atomic mass is 10.0. The van der Waals surface area contributed by atoms with Crippen LogP contribution < -0.4 is 0 Å². The Morgan fingerprint density at radius 3 is 2.36 bits per heavy atom. The third kappa shape index (κ3) is 1.61. The lowest BCUT2D eigenvalue weighted by Crippen LogP contribution is -1.84. The minimum absolute atomic E-state index is 1.14. The number of halogens is 2. The zero-order valence-corrected chi connectivity index (χ0v) is 11.2. The van der Waals surface area contributed by atoms with Gasteiger partial charge in [0.1, 0.15) is 0 Å². The Kier molecular flexibility index (Phi) is 2.67. The Labute approximate surface area is 101 Å². The second-order valence-corrected chi connectivity index (χ2v) is 5.26. The van der Waals surface area contributed by atoms with Crippen LogP contribution in [0.25, 0.3) is 10.8 Å². The molecule has 2 aromatic rings. The molecule has 0 N–H and O–H groups in total. The topological polar surface area (TPSA) is 0 Å². The smallest absolute Gasteiger partial charge is 0.0210 e. The van der Waals surface area contributed by atoms with Gasteiger partial charge in [-0.15, -0.1) is 0 Å². The second-order valence-electron chi connectivity index (χ2n) is 3.49. The van der Waals surface area contributed by atoms with E-state index in [2.05, 4.69) is 70.0 Å². The lowest BCUT2D eigenvalue weighted by Gasteiger charge is -2.07. The first-order valence-corrected chi connectivity index (χ1v) is 6.03. The number of hydrogen-bond acceptors (Lipinski definition) is 0. The molecule has 0 saturated heterocycles. The van der Waals surface area contributed by atoms with Crippen LogP contribution in [0.4, 0.5) is 0 Å². The van der Waals surface area contributed by atoms with E-state index in [-0.39, 0.29) is 0 Å². The standard InChI is InChI=1S/C12H10Br2/c1-7-5-9(13)6-11-8(2)12(14)4-3-10(7)11/h3-6H,1-2H3. The summed E-state index contributed by atoms with van der Waals surface area (Å²) in [6.45, 7) is 4.28. The molecule has 0 unspecified atom stereocenters. The van der Waals surface area contributed by atoms with Crippen molar-refractivity contribution in [1.82, 2.24) is 0 Å². The molecule has 0 spiro atoms. The van der Waals surface area contributed by atoms with E-state index in [0.29, 0.717) is 0 Å². The summed E-state index contributed by atoms with van der Waals surface area (Å²) in [7, 11) is 0. The van der Waals surface area contributed by atoms with E-state index in [1.54, 1.807) is 0 Å². The number of aryl methyl sites for hydroxylation is 2. The van der Waals surface area contributed by atoms with Crippen molar-refractivity contribution >= 4 is 42.6 Å². The van der Waals surface area contributed by atoms with Crippen molar-refractivity contribution in [2.75, 3.05) is 0 Å². The molecular formula is C12H10Br2. The Hall–Kier alpha value is -0.340. The molecule has 14 heavy (non-hydrogen) atoms. The van der Waals surface area contributed by atoms with Crippen LogP contribution in [0.5, 0.6) is 0 Å². The van der Waals surface area contributed by atoms with Crippen molar-refractivity contribution < 1.29 is 0 Å². The molecular weight excluding hydrogens is 304 g/mol. The normalized spacial score (nSPS) is 10.9. The Morgan fingerprint density at radius 1 is 0.929 bits per heavy atom. The number of fused-ring (bicyclic) bond motifs is 1. The fraction of sp³-hybridized carbons (Fsp3) is 0.167. The van der Waals surface area contributed by atoms with Crippen LogP contribution in [-0.2, 0) is 0 Å². The molecule has 0 aliphatic rings. The van der Waals surface area contributed by atoms with Crippen LogP contribution in [-0.4, -0.2) is 0 Å². The number of hydrogen-bond donors (Lipinski definition) is 0. The monoisotopic (exact) mass is 312 g/mol. The summed E-state index contributed by atoms with van der Waals surface area (Å²) in [6, 6.07) is 8.59. The van der Waals surface area contributed by atoms with Gasteiger partial charge in [0, 0.05) is 8.95 Å². The molecule has 0 nitrogen and oxygen atoms in total. The van der Waals surface area contributed by atoms with Crippen LogP contribution in [0.1, 0.15) is 11.1 Å². The molecule has 0 heterocycles. The molecule has 0 saturated carbocycles. The molecule has 0 fully saturated rings. The highest BCUT2D eigenvalue weighted by atomic mass is 79.9. The molecule has 0 amide bonds. The van der Waals surface area contributed by atoms with Crippen LogP contribution in [0, 0.1) is 13.8 Å². The third-order valence-electron chi connectivity index (χ3n) is 2.51. The molecule has 0 aliphatic heterocycles. The second kappa shape index (κ2) is 3.67. The van der Waals surface area contributed by atoms with E-state index in [1.165, 1.54) is 26.4 Å². The van der Waals surface area contributed by atoms with Crippen LogP contribution in [0.3, 0.4) is 0 Å². The van der Waals surface area contributed by atoms with Crippen molar-refractivity contribution in [3.8, 4) is 0 Å². The number of rotatable bonds is 0. The van der Waals surface area contributed by atoms with Gasteiger partial charge in [0.25, 0.3) is 0 Å². The summed E-state index contributed by atoms with van der Waals surface area (Å²) < 4.78 is 2.31. The minimum Gasteiger partial charge on any atom is -0.0530 e. The van der Waals surface area contributed by atoms with E-state index < -0.39 is 0 Å². The molecule has 0 aliphatic carbocycles. The van der Waals surface area contributed by atoms with Gasteiger partial charge >= 0.3 is 0 Å². The Balaban J connectivity index is 2.95. The van der Waals surface area contributed by atoms with Crippen LogP contribution in [0.2, 0.25) is 0 Å². The van der Waals surface area contributed by atoms with Gasteiger partial charge in [-0.3, -0.25) is 0 Å². The maximum atomic E-state index is 3.55. The summed E-state index contributed by atoms with van der Waals surface area (Å²) in [4.78, 5) is 0. The van der Waals surface area contributed by atoms with Crippen LogP contribution >= 0.6 is 31.9 Å². The highest BCUT2D eigenvalue weighted by Gasteiger charge is 2.04. The van der Waals surface area contributed by atoms with E-state index in [0.717, 1.165) is 4.47 Å². The zero-order valence-electron chi connectivity index (χ0n) is 8.07. The van der Waals surface area contributed by atoms with Gasteiger partial charge in [-0.1, -0.05) is 37.9 Å². The van der Waals surface area contributed by atoms with Crippen molar-refractivity contribution in [2.45, 2.75) is 13.8 Å². The highest BCUT2D eigenvalue weighted by Crippen LogP contribution is 2.30. The van der Waals surface area contributed by atoms with Crippen molar-refractivity contribution in [3.05, 3.63) is 44.3 Å². The molecule has 2 heteroatoms. The van der Waals surface area contributed by atoms with E-state index in [4.69, 9.17) is 0 Å². The summed E-state index contributed by atoms with van der Waals surface area (Å²) in [5.41, 5.74) is 2.61. The molecule has 0 aromatic heterocycles. The maximum absolute atomic E-state index is 3.55. The van der Waals surface area contributed by atoms with Gasteiger partial charge in [0.15, 0.2) is 0 Å². The largest absolute Gasteiger partial charge is 0.0530 e. The molecule has 0 radical (unpaired) electrons. The first-order valence-electron chi connectivity index (χ1n) is 4.44. The predicted octanol–water partition coefficient (Wildman–Crippen LogP) is 4.98. The summed E-state index contributed by atoms with van der Waals surface area (Å²) >= 11 is 7.08. The zero-order chi connectivity index (χ0) is 10.3. The minimum atomic E-state index is 1.14. The molecule has 0 bridgehead atoms. The average molecular weight is 314 g/mol. The average Bonchev–Trinajstić information content (AvgIpc) is 2.12. The summed E-state index contributed by atoms with van der Waals surface area (Å²) in [5.74, 6) is 0. The van der Waals surface area contributed by atoms with E-state index in [1.807, 2.05) is 0 Å². The van der Waals surface area contributed by atoms with E-state index in [9.17, 15) is 0 Å². The SMILES string of the molecule is Cc1cc(Br)cc2c(C)c(Br)ccc12. The van der Waals surface area contributed by atoms with E-state index >= 15 is 0 Å². The lowest BCUT2D eigenvalue weighted by molar-refractivity contribution is 1.44. The predicted molar refractivity (Wildman–Crippen MR) is 68.8 cm³/mol. The highest BCUT2D eigenvalue weighted by molar-refractivity contribution is 9.10. The Bertz CT molecular complexity index is 501. The molecule has 2 aromatic carbocycles. The van der Waals surface area contributed by atoms with Gasteiger partial charge in [-0.2, -0.15) is 0 Å². The van der Waals surface area contributed by atoms with Gasteiger partial charge < -0.3 is 0 Å². The maximum Gasteiger partial charge on any atom is 0.0210 e. The van der Waals surface area contributed by atoms with Crippen LogP contribution in [0.15, 0.2) is 33.2 Å². The van der Waals surface area contributed by atoms with Crippen molar-refractivity contribution in [2.24, 2.45) is 0 Å².